The molecule has 3 aromatic rings. The maximum Gasteiger partial charge on any atom is 0.159 e. The first-order chi connectivity index (χ1) is 10.2. The molecule has 102 valence electrons. The van der Waals surface area contributed by atoms with Crippen molar-refractivity contribution < 1.29 is 4.79 Å². The molecule has 3 aromatic heterocycles. The maximum atomic E-state index is 11.7. The van der Waals surface area contributed by atoms with Crippen molar-refractivity contribution in [1.82, 2.24) is 15.0 Å². The average Bonchev–Trinajstić information content (AvgIpc) is 2.56. The molecule has 0 aromatic carbocycles. The summed E-state index contributed by atoms with van der Waals surface area (Å²) < 4.78 is 0. The van der Waals surface area contributed by atoms with E-state index in [1.807, 2.05) is 36.4 Å². The van der Waals surface area contributed by atoms with Crippen LogP contribution in [0, 0.1) is 0 Å². The fourth-order valence-electron chi connectivity index (χ4n) is 2.02. The highest BCUT2D eigenvalue weighted by molar-refractivity contribution is 5.96. The highest BCUT2D eigenvalue weighted by Crippen LogP contribution is 2.22. The van der Waals surface area contributed by atoms with E-state index in [1.165, 1.54) is 0 Å². The number of nitrogens with zero attached hydrogens (tertiary/aromatic N) is 3. The van der Waals surface area contributed by atoms with Gasteiger partial charge >= 0.3 is 0 Å². The standard InChI is InChI=1S/C17H13N3O/c1-12(21)13-10-16(14-6-2-4-8-18-14)20-17(11-13)15-7-3-5-9-19-15/h2-11H,1H3. The van der Waals surface area contributed by atoms with Gasteiger partial charge in [0.25, 0.3) is 0 Å². The van der Waals surface area contributed by atoms with E-state index >= 15 is 0 Å². The molecule has 0 aliphatic heterocycles. The molecule has 4 nitrogen and oxygen atoms in total. The number of pyridine rings is 3. The molecule has 3 heterocycles. The average molecular weight is 275 g/mol. The topological polar surface area (TPSA) is 55.7 Å². The molecule has 0 bridgehead atoms. The molecule has 0 saturated carbocycles. The minimum Gasteiger partial charge on any atom is -0.295 e. The van der Waals surface area contributed by atoms with Gasteiger partial charge in [0.15, 0.2) is 5.78 Å². The lowest BCUT2D eigenvalue weighted by molar-refractivity contribution is 0.101. The van der Waals surface area contributed by atoms with Gasteiger partial charge in [0.1, 0.15) is 0 Å². The second-order valence-electron chi connectivity index (χ2n) is 4.61. The molecule has 0 saturated heterocycles. The van der Waals surface area contributed by atoms with E-state index < -0.39 is 0 Å². The van der Waals surface area contributed by atoms with Crippen molar-refractivity contribution in [2.24, 2.45) is 0 Å². The van der Waals surface area contributed by atoms with Crippen molar-refractivity contribution in [1.29, 1.82) is 0 Å². The van der Waals surface area contributed by atoms with E-state index in [-0.39, 0.29) is 5.78 Å². The SMILES string of the molecule is CC(=O)c1cc(-c2ccccn2)nc(-c2ccccn2)c1. The number of ketones is 1. The van der Waals surface area contributed by atoms with Crippen molar-refractivity contribution in [3.63, 3.8) is 0 Å². The number of carbonyl (C=O) groups excluding carboxylic acids is 1. The molecule has 0 N–H and O–H groups in total. The van der Waals surface area contributed by atoms with E-state index in [0.29, 0.717) is 17.0 Å². The summed E-state index contributed by atoms with van der Waals surface area (Å²) in [6, 6.07) is 14.7. The van der Waals surface area contributed by atoms with Gasteiger partial charge in [0.2, 0.25) is 0 Å². The van der Waals surface area contributed by atoms with Crippen LogP contribution in [0.15, 0.2) is 60.9 Å². The zero-order valence-corrected chi connectivity index (χ0v) is 11.5. The minimum atomic E-state index is -0.00763. The number of carbonyl (C=O) groups is 1. The second kappa shape index (κ2) is 5.63. The zero-order valence-electron chi connectivity index (χ0n) is 11.5. The molecule has 21 heavy (non-hydrogen) atoms. The molecule has 0 atom stereocenters. The fraction of sp³-hybridized carbons (Fsp3) is 0.0588. The number of hydrogen-bond donors (Lipinski definition) is 0. The smallest absolute Gasteiger partial charge is 0.159 e. The second-order valence-corrected chi connectivity index (χ2v) is 4.61. The predicted octanol–water partition coefficient (Wildman–Crippen LogP) is 3.41. The van der Waals surface area contributed by atoms with Crippen LogP contribution >= 0.6 is 0 Å². The third-order valence-electron chi connectivity index (χ3n) is 3.09. The first kappa shape index (κ1) is 13.1. The van der Waals surface area contributed by atoms with Gasteiger partial charge in [0, 0.05) is 18.0 Å². The van der Waals surface area contributed by atoms with Crippen LogP contribution in [-0.4, -0.2) is 20.7 Å². The van der Waals surface area contributed by atoms with Crippen molar-refractivity contribution >= 4 is 5.78 Å². The molecule has 3 rings (SSSR count). The monoisotopic (exact) mass is 275 g/mol. The maximum absolute atomic E-state index is 11.7. The lowest BCUT2D eigenvalue weighted by Gasteiger charge is -2.07. The van der Waals surface area contributed by atoms with Crippen molar-refractivity contribution in [2.45, 2.75) is 6.92 Å². The third kappa shape index (κ3) is 2.84. The Morgan fingerprint density at radius 1 is 0.810 bits per heavy atom. The van der Waals surface area contributed by atoms with E-state index in [2.05, 4.69) is 15.0 Å². The van der Waals surface area contributed by atoms with Crippen LogP contribution in [-0.2, 0) is 0 Å². The van der Waals surface area contributed by atoms with Crippen molar-refractivity contribution in [3.8, 4) is 22.8 Å². The molecule has 0 fully saturated rings. The number of hydrogen-bond acceptors (Lipinski definition) is 4. The molecule has 0 amide bonds. The predicted molar refractivity (Wildman–Crippen MR) is 80.7 cm³/mol. The van der Waals surface area contributed by atoms with Gasteiger partial charge < -0.3 is 0 Å². The molecule has 0 spiro atoms. The summed E-state index contributed by atoms with van der Waals surface area (Å²) in [6.45, 7) is 1.54. The quantitative estimate of drug-likeness (QED) is 0.687. The summed E-state index contributed by atoms with van der Waals surface area (Å²) in [5.41, 5.74) is 3.41. The summed E-state index contributed by atoms with van der Waals surface area (Å²) in [5.74, 6) is -0.00763. The van der Waals surface area contributed by atoms with Crippen LogP contribution in [0.5, 0.6) is 0 Å². The van der Waals surface area contributed by atoms with Gasteiger partial charge in [-0.25, -0.2) is 4.98 Å². The van der Waals surface area contributed by atoms with E-state index in [0.717, 1.165) is 11.4 Å². The summed E-state index contributed by atoms with van der Waals surface area (Å²) in [5, 5.41) is 0. The molecule has 0 aliphatic carbocycles. The van der Waals surface area contributed by atoms with Crippen molar-refractivity contribution in [2.75, 3.05) is 0 Å². The van der Waals surface area contributed by atoms with Crippen LogP contribution in [0.3, 0.4) is 0 Å². The van der Waals surface area contributed by atoms with E-state index in [9.17, 15) is 4.79 Å². The third-order valence-corrected chi connectivity index (χ3v) is 3.09. The summed E-state index contributed by atoms with van der Waals surface area (Å²) >= 11 is 0. The van der Waals surface area contributed by atoms with Gasteiger partial charge in [-0.15, -0.1) is 0 Å². The first-order valence-corrected chi connectivity index (χ1v) is 6.60. The molecule has 4 heteroatoms. The van der Waals surface area contributed by atoms with Crippen molar-refractivity contribution in [3.05, 3.63) is 66.5 Å². The van der Waals surface area contributed by atoms with Gasteiger partial charge in [-0.2, -0.15) is 0 Å². The van der Waals surface area contributed by atoms with Crippen LogP contribution in [0.25, 0.3) is 22.8 Å². The molecule has 0 radical (unpaired) electrons. The lowest BCUT2D eigenvalue weighted by atomic mass is 10.1. The Morgan fingerprint density at radius 2 is 1.33 bits per heavy atom. The van der Waals surface area contributed by atoms with Gasteiger partial charge in [-0.05, 0) is 43.3 Å². The summed E-state index contributed by atoms with van der Waals surface area (Å²) in [7, 11) is 0. The molecular formula is C17H13N3O. The lowest BCUT2D eigenvalue weighted by Crippen LogP contribution is -1.98. The fourth-order valence-corrected chi connectivity index (χ4v) is 2.02. The van der Waals surface area contributed by atoms with Gasteiger partial charge in [-0.3, -0.25) is 14.8 Å². The van der Waals surface area contributed by atoms with Crippen LogP contribution in [0.1, 0.15) is 17.3 Å². The Balaban J connectivity index is 2.18. The molecule has 0 aliphatic rings. The highest BCUT2D eigenvalue weighted by Gasteiger charge is 2.10. The Hall–Kier alpha value is -2.88. The van der Waals surface area contributed by atoms with Crippen LogP contribution in [0.4, 0.5) is 0 Å². The first-order valence-electron chi connectivity index (χ1n) is 6.60. The number of aromatic nitrogens is 3. The Labute approximate surface area is 122 Å². The minimum absolute atomic E-state index is 0.00763. The Morgan fingerprint density at radius 3 is 1.71 bits per heavy atom. The summed E-state index contributed by atoms with van der Waals surface area (Å²) in [4.78, 5) is 24.9. The Bertz CT molecular complexity index is 713. The van der Waals surface area contributed by atoms with Crippen LogP contribution in [0.2, 0.25) is 0 Å². The zero-order chi connectivity index (χ0) is 14.7. The normalized spacial score (nSPS) is 10.3. The Kier molecular flexibility index (Phi) is 3.51. The highest BCUT2D eigenvalue weighted by atomic mass is 16.1. The molecular weight excluding hydrogens is 262 g/mol. The number of rotatable bonds is 3. The van der Waals surface area contributed by atoms with Crippen LogP contribution < -0.4 is 0 Å². The van der Waals surface area contributed by atoms with Gasteiger partial charge in [-0.1, -0.05) is 12.1 Å². The molecule has 0 unspecified atom stereocenters. The van der Waals surface area contributed by atoms with E-state index in [1.54, 1.807) is 31.5 Å². The van der Waals surface area contributed by atoms with E-state index in [4.69, 9.17) is 0 Å². The number of Topliss-reactive ketones (excluding diaryl/α,β-unsaturated/α-hetero) is 1. The summed E-state index contributed by atoms with van der Waals surface area (Å²) in [6.07, 6.45) is 3.41. The van der Waals surface area contributed by atoms with Gasteiger partial charge in [0.05, 0.1) is 22.8 Å². The largest absolute Gasteiger partial charge is 0.295 e.